The van der Waals surface area contributed by atoms with E-state index in [0.29, 0.717) is 6.61 Å². The second-order valence-electron chi connectivity index (χ2n) is 4.66. The molecule has 0 fully saturated rings. The Bertz CT molecular complexity index is 539. The molecular formula is C17H20FNO. The highest BCUT2D eigenvalue weighted by Crippen LogP contribution is 2.30. The summed E-state index contributed by atoms with van der Waals surface area (Å²) in [6.45, 7) is 2.77. The van der Waals surface area contributed by atoms with E-state index < -0.39 is 0 Å². The first-order valence-corrected chi connectivity index (χ1v) is 6.90. The van der Waals surface area contributed by atoms with Crippen molar-refractivity contribution in [3.63, 3.8) is 0 Å². The fourth-order valence-electron chi connectivity index (χ4n) is 2.22. The Balaban J connectivity index is 2.33. The maximum atomic E-state index is 13.1. The van der Waals surface area contributed by atoms with Crippen LogP contribution in [0, 0.1) is 5.82 Å². The molecule has 2 rings (SSSR count). The lowest BCUT2D eigenvalue weighted by Crippen LogP contribution is -2.18. The van der Waals surface area contributed by atoms with Crippen LogP contribution < -0.4 is 10.1 Å². The fraction of sp³-hybridized carbons (Fsp3) is 0.294. The minimum absolute atomic E-state index is 0.0105. The van der Waals surface area contributed by atoms with E-state index >= 15 is 0 Å². The van der Waals surface area contributed by atoms with Gasteiger partial charge in [-0.05, 0) is 37.2 Å². The Morgan fingerprint density at radius 2 is 1.80 bits per heavy atom. The van der Waals surface area contributed by atoms with Crippen molar-refractivity contribution < 1.29 is 9.13 Å². The number of hydrogen-bond acceptors (Lipinski definition) is 2. The van der Waals surface area contributed by atoms with Crippen LogP contribution in [0.4, 0.5) is 4.39 Å². The predicted molar refractivity (Wildman–Crippen MR) is 79.5 cm³/mol. The standard InChI is InChI=1S/C17H20FNO/c1-3-12-20-16-7-5-4-6-15(16)17(19-2)13-8-10-14(18)11-9-13/h4-11,17,19H,3,12H2,1-2H3. The number of benzene rings is 2. The van der Waals surface area contributed by atoms with Crippen molar-refractivity contribution in [3.05, 3.63) is 65.5 Å². The lowest BCUT2D eigenvalue weighted by molar-refractivity contribution is 0.312. The maximum absolute atomic E-state index is 13.1. The molecule has 2 aromatic rings. The van der Waals surface area contributed by atoms with E-state index in [9.17, 15) is 4.39 Å². The Morgan fingerprint density at radius 3 is 2.45 bits per heavy atom. The molecule has 20 heavy (non-hydrogen) atoms. The van der Waals surface area contributed by atoms with Gasteiger partial charge in [-0.15, -0.1) is 0 Å². The summed E-state index contributed by atoms with van der Waals surface area (Å²) in [4.78, 5) is 0. The van der Waals surface area contributed by atoms with Gasteiger partial charge in [-0.25, -0.2) is 4.39 Å². The van der Waals surface area contributed by atoms with Gasteiger partial charge in [0.25, 0.3) is 0 Å². The van der Waals surface area contributed by atoms with Crippen LogP contribution in [0.3, 0.4) is 0 Å². The smallest absolute Gasteiger partial charge is 0.124 e. The highest BCUT2D eigenvalue weighted by Gasteiger charge is 2.16. The van der Waals surface area contributed by atoms with E-state index in [1.165, 1.54) is 12.1 Å². The molecule has 3 heteroatoms. The molecule has 2 aromatic carbocycles. The summed E-state index contributed by atoms with van der Waals surface area (Å²) < 4.78 is 18.9. The number of para-hydroxylation sites is 1. The second-order valence-corrected chi connectivity index (χ2v) is 4.66. The van der Waals surface area contributed by atoms with Gasteiger partial charge in [0.05, 0.1) is 12.6 Å². The first-order chi connectivity index (χ1) is 9.76. The van der Waals surface area contributed by atoms with E-state index in [-0.39, 0.29) is 11.9 Å². The van der Waals surface area contributed by atoms with Gasteiger partial charge in [-0.2, -0.15) is 0 Å². The fourth-order valence-corrected chi connectivity index (χ4v) is 2.22. The Hall–Kier alpha value is -1.87. The first kappa shape index (κ1) is 14.5. The van der Waals surface area contributed by atoms with E-state index in [1.54, 1.807) is 12.1 Å². The maximum Gasteiger partial charge on any atom is 0.124 e. The van der Waals surface area contributed by atoms with Crippen LogP contribution in [-0.4, -0.2) is 13.7 Å². The summed E-state index contributed by atoms with van der Waals surface area (Å²) in [7, 11) is 1.89. The number of rotatable bonds is 6. The molecule has 0 amide bonds. The van der Waals surface area contributed by atoms with E-state index in [4.69, 9.17) is 4.74 Å². The van der Waals surface area contributed by atoms with Crippen LogP contribution in [0.1, 0.15) is 30.5 Å². The molecular weight excluding hydrogens is 253 g/mol. The van der Waals surface area contributed by atoms with Gasteiger partial charge in [0.2, 0.25) is 0 Å². The Kier molecular flexibility index (Phi) is 5.13. The first-order valence-electron chi connectivity index (χ1n) is 6.90. The molecule has 0 saturated heterocycles. The molecule has 1 atom stereocenters. The molecule has 0 aliphatic carbocycles. The predicted octanol–water partition coefficient (Wildman–Crippen LogP) is 3.92. The number of nitrogens with one attached hydrogen (secondary N) is 1. The number of hydrogen-bond donors (Lipinski definition) is 1. The van der Waals surface area contributed by atoms with Crippen LogP contribution in [0.15, 0.2) is 48.5 Å². The summed E-state index contributed by atoms with van der Waals surface area (Å²) in [5.74, 6) is 0.650. The SMILES string of the molecule is CCCOc1ccccc1C(NC)c1ccc(F)cc1. The summed E-state index contributed by atoms with van der Waals surface area (Å²) in [6.07, 6.45) is 0.967. The molecule has 106 valence electrons. The van der Waals surface area contributed by atoms with Crippen molar-refractivity contribution in [2.75, 3.05) is 13.7 Å². The van der Waals surface area contributed by atoms with Gasteiger partial charge >= 0.3 is 0 Å². The Morgan fingerprint density at radius 1 is 1.10 bits per heavy atom. The third-order valence-electron chi connectivity index (χ3n) is 3.18. The van der Waals surface area contributed by atoms with Gasteiger partial charge in [-0.1, -0.05) is 37.3 Å². The van der Waals surface area contributed by atoms with Crippen molar-refractivity contribution in [2.24, 2.45) is 0 Å². The summed E-state index contributed by atoms with van der Waals surface area (Å²) >= 11 is 0. The lowest BCUT2D eigenvalue weighted by Gasteiger charge is -2.20. The molecule has 0 saturated carbocycles. The highest BCUT2D eigenvalue weighted by atomic mass is 19.1. The Labute approximate surface area is 119 Å². The van der Waals surface area contributed by atoms with Crippen molar-refractivity contribution in [1.29, 1.82) is 0 Å². The average molecular weight is 273 g/mol. The monoisotopic (exact) mass is 273 g/mol. The van der Waals surface area contributed by atoms with Crippen LogP contribution in [0.25, 0.3) is 0 Å². The van der Waals surface area contributed by atoms with Gasteiger partial charge in [0, 0.05) is 5.56 Å². The molecule has 0 aliphatic heterocycles. The molecule has 0 radical (unpaired) electrons. The van der Waals surface area contributed by atoms with Crippen LogP contribution >= 0.6 is 0 Å². The summed E-state index contributed by atoms with van der Waals surface area (Å²) in [5, 5.41) is 3.27. The van der Waals surface area contributed by atoms with Gasteiger partial charge < -0.3 is 10.1 Å². The van der Waals surface area contributed by atoms with Gasteiger partial charge in [0.1, 0.15) is 11.6 Å². The number of ether oxygens (including phenoxy) is 1. The van der Waals surface area contributed by atoms with E-state index in [0.717, 1.165) is 23.3 Å². The zero-order valence-corrected chi connectivity index (χ0v) is 11.9. The zero-order chi connectivity index (χ0) is 14.4. The highest BCUT2D eigenvalue weighted by molar-refractivity contribution is 5.41. The third-order valence-corrected chi connectivity index (χ3v) is 3.18. The minimum atomic E-state index is -0.223. The normalized spacial score (nSPS) is 12.2. The molecule has 0 aliphatic rings. The lowest BCUT2D eigenvalue weighted by atomic mass is 9.98. The van der Waals surface area contributed by atoms with Gasteiger partial charge in [-0.3, -0.25) is 0 Å². The summed E-state index contributed by atoms with van der Waals surface area (Å²) in [6, 6.07) is 14.5. The largest absolute Gasteiger partial charge is 0.493 e. The van der Waals surface area contributed by atoms with Crippen molar-refractivity contribution in [2.45, 2.75) is 19.4 Å². The average Bonchev–Trinajstić information content (AvgIpc) is 2.49. The minimum Gasteiger partial charge on any atom is -0.493 e. The second kappa shape index (κ2) is 7.06. The third kappa shape index (κ3) is 3.36. The molecule has 1 unspecified atom stereocenters. The quantitative estimate of drug-likeness (QED) is 0.861. The molecule has 0 bridgehead atoms. The zero-order valence-electron chi connectivity index (χ0n) is 11.9. The molecule has 0 spiro atoms. The van der Waals surface area contributed by atoms with Crippen LogP contribution in [0.5, 0.6) is 5.75 Å². The topological polar surface area (TPSA) is 21.3 Å². The molecule has 0 heterocycles. The van der Waals surface area contributed by atoms with Gasteiger partial charge in [0.15, 0.2) is 0 Å². The van der Waals surface area contributed by atoms with E-state index in [1.807, 2.05) is 31.3 Å². The van der Waals surface area contributed by atoms with Crippen LogP contribution in [-0.2, 0) is 0 Å². The van der Waals surface area contributed by atoms with Crippen LogP contribution in [0.2, 0.25) is 0 Å². The van der Waals surface area contributed by atoms with E-state index in [2.05, 4.69) is 12.2 Å². The molecule has 1 N–H and O–H groups in total. The number of halogens is 1. The molecule has 0 aromatic heterocycles. The van der Waals surface area contributed by atoms with Crippen molar-refractivity contribution in [1.82, 2.24) is 5.32 Å². The van der Waals surface area contributed by atoms with Crippen molar-refractivity contribution >= 4 is 0 Å². The summed E-state index contributed by atoms with van der Waals surface area (Å²) in [5.41, 5.74) is 2.08. The van der Waals surface area contributed by atoms with Crippen molar-refractivity contribution in [3.8, 4) is 5.75 Å². The molecule has 2 nitrogen and oxygen atoms in total.